The van der Waals surface area contributed by atoms with E-state index in [1.54, 1.807) is 30.5 Å². The van der Waals surface area contributed by atoms with Gasteiger partial charge in [-0.2, -0.15) is 0 Å². The van der Waals surface area contributed by atoms with Gasteiger partial charge in [-0.15, -0.1) is 0 Å². The first-order valence-corrected chi connectivity index (χ1v) is 9.58. The summed E-state index contributed by atoms with van der Waals surface area (Å²) in [4.78, 5) is 17.0. The molecule has 0 spiro atoms. The van der Waals surface area contributed by atoms with E-state index in [2.05, 4.69) is 10.3 Å². The molecule has 0 aliphatic carbocycles. The molecule has 0 aliphatic heterocycles. The summed E-state index contributed by atoms with van der Waals surface area (Å²) >= 11 is 7.70. The van der Waals surface area contributed by atoms with Gasteiger partial charge in [0.25, 0.3) is 5.91 Å². The van der Waals surface area contributed by atoms with Crippen LogP contribution in [0.15, 0.2) is 53.9 Å². The number of thioether (sulfide) groups is 1. The number of carbonyl (C=O) groups excluding carboxylic acids is 1. The van der Waals surface area contributed by atoms with E-state index >= 15 is 0 Å². The molecule has 8 heteroatoms. The van der Waals surface area contributed by atoms with Gasteiger partial charge in [-0.3, -0.25) is 9.36 Å². The molecule has 2 aromatic carbocycles. The smallest absolute Gasteiger partial charge is 0.255 e. The molecule has 0 fully saturated rings. The third-order valence-electron chi connectivity index (χ3n) is 3.90. The van der Waals surface area contributed by atoms with Crippen LogP contribution in [0, 0.1) is 0 Å². The fourth-order valence-electron chi connectivity index (χ4n) is 2.59. The number of ether oxygens (including phenoxy) is 2. The van der Waals surface area contributed by atoms with Crippen molar-refractivity contribution in [3.8, 4) is 17.2 Å². The van der Waals surface area contributed by atoms with Crippen molar-refractivity contribution in [2.24, 2.45) is 0 Å². The van der Waals surface area contributed by atoms with Gasteiger partial charge in [0.2, 0.25) is 0 Å². The van der Waals surface area contributed by atoms with Crippen molar-refractivity contribution in [1.29, 1.82) is 0 Å². The van der Waals surface area contributed by atoms with E-state index in [9.17, 15) is 4.79 Å². The average molecular weight is 404 g/mol. The van der Waals surface area contributed by atoms with Crippen LogP contribution in [0.5, 0.6) is 11.5 Å². The molecular weight excluding hydrogens is 386 g/mol. The van der Waals surface area contributed by atoms with Crippen molar-refractivity contribution in [3.05, 3.63) is 59.4 Å². The number of nitrogens with zero attached hydrogens (tertiary/aromatic N) is 2. The molecule has 27 heavy (non-hydrogen) atoms. The molecule has 3 aromatic rings. The summed E-state index contributed by atoms with van der Waals surface area (Å²) < 4.78 is 12.4. The number of hydrogen-bond acceptors (Lipinski definition) is 5. The molecule has 6 nitrogen and oxygen atoms in total. The van der Waals surface area contributed by atoms with E-state index in [-0.39, 0.29) is 5.91 Å². The van der Waals surface area contributed by atoms with Gasteiger partial charge in [-0.05, 0) is 30.5 Å². The van der Waals surface area contributed by atoms with Crippen molar-refractivity contribution in [3.63, 3.8) is 0 Å². The lowest BCUT2D eigenvalue weighted by Gasteiger charge is -2.13. The minimum Gasteiger partial charge on any atom is -0.495 e. The van der Waals surface area contributed by atoms with Crippen LogP contribution >= 0.6 is 23.4 Å². The van der Waals surface area contributed by atoms with Gasteiger partial charge >= 0.3 is 0 Å². The fraction of sp³-hybridized carbons (Fsp3) is 0.158. The number of methoxy groups -OCH3 is 2. The van der Waals surface area contributed by atoms with E-state index < -0.39 is 0 Å². The Hall–Kier alpha value is -2.64. The highest BCUT2D eigenvalue weighted by molar-refractivity contribution is 7.98. The summed E-state index contributed by atoms with van der Waals surface area (Å²) in [6.07, 6.45) is 5.53. The fourth-order valence-corrected chi connectivity index (χ4v) is 3.36. The van der Waals surface area contributed by atoms with E-state index in [1.165, 1.54) is 26.0 Å². The summed E-state index contributed by atoms with van der Waals surface area (Å²) in [5.41, 5.74) is 1.82. The highest BCUT2D eigenvalue weighted by Gasteiger charge is 2.14. The van der Waals surface area contributed by atoms with Gasteiger partial charge in [0.15, 0.2) is 5.16 Å². The van der Waals surface area contributed by atoms with E-state index in [0.717, 1.165) is 10.8 Å². The van der Waals surface area contributed by atoms with Crippen molar-refractivity contribution < 1.29 is 14.3 Å². The Labute approximate surface area is 166 Å². The van der Waals surface area contributed by atoms with Crippen LogP contribution in [0.2, 0.25) is 5.02 Å². The summed E-state index contributed by atoms with van der Waals surface area (Å²) in [5.74, 6) is 0.653. The molecule has 0 radical (unpaired) electrons. The number of anilines is 1. The van der Waals surface area contributed by atoms with Gasteiger partial charge in [-0.1, -0.05) is 29.4 Å². The standard InChI is InChI=1S/C19H18ClN3O3S/c1-25-16-11-17(26-2)15(10-14(16)20)22-18(24)12-5-4-6-13(9-12)23-8-7-21-19(23)27-3/h4-11H,1-3H3,(H,22,24). The number of benzene rings is 2. The molecule has 1 heterocycles. The van der Waals surface area contributed by atoms with Crippen LogP contribution in [0.4, 0.5) is 5.69 Å². The topological polar surface area (TPSA) is 65.4 Å². The van der Waals surface area contributed by atoms with Gasteiger partial charge in [0.05, 0.1) is 24.9 Å². The van der Waals surface area contributed by atoms with Crippen LogP contribution in [-0.2, 0) is 0 Å². The van der Waals surface area contributed by atoms with Gasteiger partial charge in [0.1, 0.15) is 11.5 Å². The van der Waals surface area contributed by atoms with E-state index in [0.29, 0.717) is 27.8 Å². The zero-order chi connectivity index (χ0) is 19.4. The third kappa shape index (κ3) is 4.04. The lowest BCUT2D eigenvalue weighted by Crippen LogP contribution is -2.13. The van der Waals surface area contributed by atoms with Crippen molar-refractivity contribution in [2.45, 2.75) is 5.16 Å². The van der Waals surface area contributed by atoms with Crippen LogP contribution in [0.3, 0.4) is 0 Å². The number of hydrogen-bond donors (Lipinski definition) is 1. The second-order valence-corrected chi connectivity index (χ2v) is 6.66. The molecule has 140 valence electrons. The predicted molar refractivity (Wildman–Crippen MR) is 108 cm³/mol. The number of halogens is 1. The van der Waals surface area contributed by atoms with Gasteiger partial charge in [0, 0.05) is 29.7 Å². The maximum Gasteiger partial charge on any atom is 0.255 e. The second kappa shape index (κ2) is 8.37. The Bertz CT molecular complexity index is 975. The summed E-state index contributed by atoms with van der Waals surface area (Å²) in [5, 5.41) is 4.06. The van der Waals surface area contributed by atoms with Crippen LogP contribution < -0.4 is 14.8 Å². The maximum atomic E-state index is 12.8. The number of nitrogens with one attached hydrogen (secondary N) is 1. The van der Waals surface area contributed by atoms with E-state index in [1.807, 2.05) is 29.2 Å². The number of imidazole rings is 1. The van der Waals surface area contributed by atoms with Crippen molar-refractivity contribution in [1.82, 2.24) is 9.55 Å². The van der Waals surface area contributed by atoms with Crippen LogP contribution in [0.1, 0.15) is 10.4 Å². The average Bonchev–Trinajstić information content (AvgIpc) is 3.17. The van der Waals surface area contributed by atoms with Crippen molar-refractivity contribution >= 4 is 35.0 Å². The Morgan fingerprint density at radius 3 is 2.67 bits per heavy atom. The molecule has 0 unspecified atom stereocenters. The zero-order valence-corrected chi connectivity index (χ0v) is 16.6. The molecule has 0 saturated carbocycles. The maximum absolute atomic E-state index is 12.8. The molecule has 0 saturated heterocycles. The Morgan fingerprint density at radius 2 is 1.96 bits per heavy atom. The summed E-state index contributed by atoms with van der Waals surface area (Å²) in [6.45, 7) is 0. The van der Waals surface area contributed by atoms with Gasteiger partial charge in [-0.25, -0.2) is 4.98 Å². The third-order valence-corrected chi connectivity index (χ3v) is 4.86. The molecule has 1 aromatic heterocycles. The molecule has 0 bridgehead atoms. The summed E-state index contributed by atoms with van der Waals surface area (Å²) in [6, 6.07) is 10.5. The number of carbonyl (C=O) groups is 1. The first kappa shape index (κ1) is 19.1. The van der Waals surface area contributed by atoms with Crippen LogP contribution in [-0.4, -0.2) is 35.9 Å². The summed E-state index contributed by atoms with van der Waals surface area (Å²) in [7, 11) is 3.03. The lowest BCUT2D eigenvalue weighted by atomic mass is 10.1. The zero-order valence-electron chi connectivity index (χ0n) is 15.0. The Kier molecular flexibility index (Phi) is 5.93. The first-order valence-electron chi connectivity index (χ1n) is 7.98. The molecule has 0 atom stereocenters. The Morgan fingerprint density at radius 1 is 1.19 bits per heavy atom. The lowest BCUT2D eigenvalue weighted by molar-refractivity contribution is 0.102. The molecule has 0 aliphatic rings. The quantitative estimate of drug-likeness (QED) is 0.613. The molecule has 1 N–H and O–H groups in total. The first-order chi connectivity index (χ1) is 13.1. The highest BCUT2D eigenvalue weighted by atomic mass is 35.5. The number of amides is 1. The largest absolute Gasteiger partial charge is 0.495 e. The van der Waals surface area contributed by atoms with Crippen LogP contribution in [0.25, 0.3) is 5.69 Å². The molecule has 3 rings (SSSR count). The molecular formula is C19H18ClN3O3S. The predicted octanol–water partition coefficient (Wildman–Crippen LogP) is 4.52. The second-order valence-electron chi connectivity index (χ2n) is 5.48. The van der Waals surface area contributed by atoms with Crippen molar-refractivity contribution in [2.75, 3.05) is 25.8 Å². The normalized spacial score (nSPS) is 10.5. The van der Waals surface area contributed by atoms with E-state index in [4.69, 9.17) is 21.1 Å². The monoisotopic (exact) mass is 403 g/mol. The number of aromatic nitrogens is 2. The Balaban J connectivity index is 1.89. The molecule has 1 amide bonds. The highest BCUT2D eigenvalue weighted by Crippen LogP contribution is 2.36. The SMILES string of the molecule is COc1cc(OC)c(NC(=O)c2cccc(-n3ccnc3SC)c2)cc1Cl. The minimum absolute atomic E-state index is 0.276. The number of rotatable bonds is 6. The minimum atomic E-state index is -0.276. The van der Waals surface area contributed by atoms with Gasteiger partial charge < -0.3 is 14.8 Å².